The van der Waals surface area contributed by atoms with E-state index in [0.717, 1.165) is 22.7 Å². The number of rotatable bonds is 6. The number of anilines is 1. The maximum atomic E-state index is 5.88. The topological polar surface area (TPSA) is 73.2 Å². The molecule has 1 heterocycles. The molecule has 3 aromatic rings. The second-order valence-electron chi connectivity index (χ2n) is 5.77. The number of nitrogens with two attached hydrogens (primary N) is 1. The fourth-order valence-electron chi connectivity index (χ4n) is 2.38. The molecular weight excluding hydrogens is 302 g/mol. The molecule has 124 valence electrons. The van der Waals surface area contributed by atoms with E-state index in [-0.39, 0.29) is 6.10 Å². The third-order valence-corrected chi connectivity index (χ3v) is 3.46. The zero-order valence-corrected chi connectivity index (χ0v) is 13.8. The quantitative estimate of drug-likeness (QED) is 0.672. The van der Waals surface area contributed by atoms with Gasteiger partial charge in [0.25, 0.3) is 0 Å². The van der Waals surface area contributed by atoms with Crippen molar-refractivity contribution in [3.05, 3.63) is 60.3 Å². The number of aromatic amines is 1. The third kappa shape index (κ3) is 3.68. The van der Waals surface area contributed by atoms with Crippen molar-refractivity contribution in [1.29, 1.82) is 0 Å². The van der Waals surface area contributed by atoms with Crippen LogP contribution in [-0.4, -0.2) is 16.3 Å². The second kappa shape index (κ2) is 7.08. The predicted molar refractivity (Wildman–Crippen MR) is 95.0 cm³/mol. The van der Waals surface area contributed by atoms with E-state index in [1.54, 1.807) is 0 Å². The van der Waals surface area contributed by atoms with Gasteiger partial charge in [-0.3, -0.25) is 5.10 Å². The fraction of sp³-hybridized carbons (Fsp3) is 0.211. The van der Waals surface area contributed by atoms with Gasteiger partial charge < -0.3 is 15.2 Å². The molecule has 0 unspecified atom stereocenters. The van der Waals surface area contributed by atoms with Gasteiger partial charge in [-0.2, -0.15) is 5.10 Å². The summed E-state index contributed by atoms with van der Waals surface area (Å²) >= 11 is 0. The van der Waals surface area contributed by atoms with Crippen molar-refractivity contribution in [2.24, 2.45) is 0 Å². The van der Waals surface area contributed by atoms with Crippen molar-refractivity contribution in [3.63, 3.8) is 0 Å². The molecule has 0 aliphatic rings. The van der Waals surface area contributed by atoms with Crippen LogP contribution >= 0.6 is 0 Å². The molecule has 5 nitrogen and oxygen atoms in total. The molecule has 24 heavy (non-hydrogen) atoms. The largest absolute Gasteiger partial charge is 0.490 e. The van der Waals surface area contributed by atoms with E-state index in [1.165, 1.54) is 0 Å². The first-order valence-electron chi connectivity index (χ1n) is 7.91. The van der Waals surface area contributed by atoms with Crippen LogP contribution in [0.15, 0.2) is 54.6 Å². The lowest BCUT2D eigenvalue weighted by Gasteiger charge is -2.12. The van der Waals surface area contributed by atoms with Gasteiger partial charge in [0.05, 0.1) is 23.2 Å². The Morgan fingerprint density at radius 1 is 1.04 bits per heavy atom. The van der Waals surface area contributed by atoms with Crippen LogP contribution in [0.2, 0.25) is 0 Å². The molecule has 0 radical (unpaired) electrons. The number of nitrogens with one attached hydrogen (secondary N) is 1. The zero-order chi connectivity index (χ0) is 16.9. The zero-order valence-electron chi connectivity index (χ0n) is 13.8. The van der Waals surface area contributed by atoms with Crippen molar-refractivity contribution in [1.82, 2.24) is 10.2 Å². The summed E-state index contributed by atoms with van der Waals surface area (Å²) in [5.74, 6) is 1.48. The lowest BCUT2D eigenvalue weighted by molar-refractivity contribution is 0.243. The molecule has 0 atom stereocenters. The fourth-order valence-corrected chi connectivity index (χ4v) is 2.38. The molecule has 0 amide bonds. The van der Waals surface area contributed by atoms with E-state index in [4.69, 9.17) is 15.2 Å². The average Bonchev–Trinajstić information content (AvgIpc) is 3.03. The highest BCUT2D eigenvalue weighted by molar-refractivity contribution is 5.67. The van der Waals surface area contributed by atoms with Crippen molar-refractivity contribution in [2.45, 2.75) is 26.6 Å². The Labute approximate surface area is 141 Å². The number of ether oxygens (including phenoxy) is 2. The summed E-state index contributed by atoms with van der Waals surface area (Å²) in [6.45, 7) is 4.38. The number of hydrogen-bond acceptors (Lipinski definition) is 4. The number of benzene rings is 2. The number of para-hydroxylation sites is 3. The maximum Gasteiger partial charge on any atom is 0.142 e. The molecule has 2 aromatic carbocycles. The van der Waals surface area contributed by atoms with Crippen molar-refractivity contribution < 1.29 is 9.47 Å². The summed E-state index contributed by atoms with van der Waals surface area (Å²) in [5.41, 5.74) is 9.14. The van der Waals surface area contributed by atoms with Crippen LogP contribution in [0.3, 0.4) is 0 Å². The first kappa shape index (κ1) is 15.9. The number of nitrogens with zero attached hydrogens (tertiary/aromatic N) is 1. The van der Waals surface area contributed by atoms with Gasteiger partial charge in [-0.15, -0.1) is 0 Å². The molecule has 0 saturated carbocycles. The minimum absolute atomic E-state index is 0.106. The van der Waals surface area contributed by atoms with Crippen LogP contribution in [0.4, 0.5) is 5.69 Å². The summed E-state index contributed by atoms with van der Waals surface area (Å²) in [7, 11) is 0. The van der Waals surface area contributed by atoms with Crippen molar-refractivity contribution in [3.8, 4) is 22.8 Å². The highest BCUT2D eigenvalue weighted by Gasteiger charge is 2.11. The van der Waals surface area contributed by atoms with Crippen LogP contribution in [0.1, 0.15) is 19.5 Å². The number of aromatic nitrogens is 2. The van der Waals surface area contributed by atoms with E-state index >= 15 is 0 Å². The van der Waals surface area contributed by atoms with Gasteiger partial charge in [0.15, 0.2) is 0 Å². The molecule has 3 rings (SSSR count). The van der Waals surface area contributed by atoms with Gasteiger partial charge in [0, 0.05) is 5.56 Å². The van der Waals surface area contributed by atoms with Crippen molar-refractivity contribution in [2.75, 3.05) is 5.73 Å². The molecule has 0 saturated heterocycles. The average molecular weight is 323 g/mol. The van der Waals surface area contributed by atoms with E-state index in [1.807, 2.05) is 68.4 Å². The van der Waals surface area contributed by atoms with Crippen LogP contribution in [0, 0.1) is 0 Å². The molecule has 5 heteroatoms. The van der Waals surface area contributed by atoms with Crippen LogP contribution < -0.4 is 15.2 Å². The second-order valence-corrected chi connectivity index (χ2v) is 5.77. The minimum atomic E-state index is 0.106. The summed E-state index contributed by atoms with van der Waals surface area (Å²) in [6.07, 6.45) is 0.106. The summed E-state index contributed by atoms with van der Waals surface area (Å²) in [6, 6.07) is 17.3. The van der Waals surface area contributed by atoms with E-state index in [2.05, 4.69) is 10.2 Å². The Morgan fingerprint density at radius 2 is 1.75 bits per heavy atom. The number of hydrogen-bond donors (Lipinski definition) is 2. The number of H-pyrrole nitrogens is 1. The van der Waals surface area contributed by atoms with Gasteiger partial charge in [-0.25, -0.2) is 0 Å². The lowest BCUT2D eigenvalue weighted by Crippen LogP contribution is -2.06. The monoisotopic (exact) mass is 323 g/mol. The molecule has 0 aliphatic heterocycles. The Morgan fingerprint density at radius 3 is 2.50 bits per heavy atom. The van der Waals surface area contributed by atoms with E-state index < -0.39 is 0 Å². The first-order chi connectivity index (χ1) is 11.6. The van der Waals surface area contributed by atoms with Crippen LogP contribution in [-0.2, 0) is 6.61 Å². The van der Waals surface area contributed by atoms with Crippen LogP contribution in [0.5, 0.6) is 11.5 Å². The smallest absolute Gasteiger partial charge is 0.142 e. The number of nitrogen functional groups attached to an aromatic ring is 1. The molecular formula is C19H21N3O2. The van der Waals surface area contributed by atoms with Gasteiger partial charge in [0.1, 0.15) is 18.1 Å². The Bertz CT molecular complexity index is 812. The van der Waals surface area contributed by atoms with Crippen molar-refractivity contribution >= 4 is 5.69 Å². The Kier molecular flexibility index (Phi) is 4.70. The van der Waals surface area contributed by atoms with E-state index in [9.17, 15) is 0 Å². The molecule has 0 aliphatic carbocycles. The molecule has 0 bridgehead atoms. The Balaban J connectivity index is 1.75. The Hall–Kier alpha value is -2.95. The van der Waals surface area contributed by atoms with Gasteiger partial charge in [-0.1, -0.05) is 24.3 Å². The van der Waals surface area contributed by atoms with Gasteiger partial charge >= 0.3 is 0 Å². The predicted octanol–water partition coefficient (Wildman–Crippen LogP) is 4.03. The highest BCUT2D eigenvalue weighted by Crippen LogP contribution is 2.30. The maximum absolute atomic E-state index is 5.88. The minimum Gasteiger partial charge on any atom is -0.490 e. The molecule has 3 N–H and O–H groups in total. The van der Waals surface area contributed by atoms with Gasteiger partial charge in [0.2, 0.25) is 0 Å². The first-order valence-corrected chi connectivity index (χ1v) is 7.91. The molecule has 0 fully saturated rings. The summed E-state index contributed by atoms with van der Waals surface area (Å²) in [5, 5.41) is 7.38. The van der Waals surface area contributed by atoms with Gasteiger partial charge in [-0.05, 0) is 44.2 Å². The van der Waals surface area contributed by atoms with Crippen LogP contribution in [0.25, 0.3) is 11.3 Å². The summed E-state index contributed by atoms with van der Waals surface area (Å²) in [4.78, 5) is 0. The lowest BCUT2D eigenvalue weighted by atomic mass is 10.1. The van der Waals surface area contributed by atoms with E-state index in [0.29, 0.717) is 18.0 Å². The summed E-state index contributed by atoms with van der Waals surface area (Å²) < 4.78 is 11.6. The molecule has 0 spiro atoms. The highest BCUT2D eigenvalue weighted by atomic mass is 16.5. The standard InChI is InChI=1S/C19H21N3O2/c1-13(2)24-18-9-5-3-7-15(18)17-11-14(21-22-17)12-23-19-10-6-4-8-16(19)20/h3-11,13H,12,20H2,1-2H3,(H,21,22). The molecule has 1 aromatic heterocycles. The third-order valence-electron chi connectivity index (χ3n) is 3.46. The SMILES string of the molecule is CC(C)Oc1ccccc1-c1cc(COc2ccccc2N)[nH]n1. The normalized spacial score (nSPS) is 10.8.